The predicted octanol–water partition coefficient (Wildman–Crippen LogP) is 4.35. The van der Waals surface area contributed by atoms with E-state index in [1.54, 1.807) is 25.1 Å². The van der Waals surface area contributed by atoms with E-state index < -0.39 is 28.5 Å². The molecule has 0 fully saturated rings. The van der Waals surface area contributed by atoms with Gasteiger partial charge in [-0.1, -0.05) is 56.1 Å². The molecule has 11 heteroatoms. The maximum Gasteiger partial charge on any atom is 0.244 e. The molecule has 36 heavy (non-hydrogen) atoms. The van der Waals surface area contributed by atoms with Gasteiger partial charge in [-0.05, 0) is 48.2 Å². The summed E-state index contributed by atoms with van der Waals surface area (Å²) in [7, 11) is -2.38. The van der Waals surface area contributed by atoms with E-state index in [1.807, 2.05) is 19.9 Å². The van der Waals surface area contributed by atoms with Gasteiger partial charge in [-0.3, -0.25) is 13.9 Å². The van der Waals surface area contributed by atoms with Crippen LogP contribution in [0.3, 0.4) is 0 Å². The van der Waals surface area contributed by atoms with Crippen molar-refractivity contribution >= 4 is 50.7 Å². The minimum absolute atomic E-state index is 0.0739. The first-order valence-electron chi connectivity index (χ1n) is 11.5. The van der Waals surface area contributed by atoms with Gasteiger partial charge in [0.25, 0.3) is 0 Å². The van der Waals surface area contributed by atoms with Crippen LogP contribution >= 0.6 is 23.2 Å². The van der Waals surface area contributed by atoms with Crippen molar-refractivity contribution in [2.75, 3.05) is 30.8 Å². The molecule has 0 aliphatic heterocycles. The molecule has 0 saturated carbocycles. The molecule has 0 aromatic heterocycles. The van der Waals surface area contributed by atoms with Gasteiger partial charge >= 0.3 is 0 Å². The second-order valence-corrected chi connectivity index (χ2v) is 11.6. The summed E-state index contributed by atoms with van der Waals surface area (Å²) in [4.78, 5) is 28.2. The molecular formula is C25H33Cl2N3O5S. The molecule has 2 aromatic rings. The van der Waals surface area contributed by atoms with E-state index in [1.165, 1.54) is 30.2 Å². The first-order valence-corrected chi connectivity index (χ1v) is 14.1. The Bertz CT molecular complexity index is 1170. The molecule has 0 aliphatic carbocycles. The summed E-state index contributed by atoms with van der Waals surface area (Å²) in [6, 6.07) is 10.7. The van der Waals surface area contributed by atoms with Crippen molar-refractivity contribution in [3.8, 4) is 5.75 Å². The van der Waals surface area contributed by atoms with E-state index in [2.05, 4.69) is 5.32 Å². The average molecular weight is 559 g/mol. The summed E-state index contributed by atoms with van der Waals surface area (Å²) in [5.41, 5.74) is 0.808. The Morgan fingerprint density at radius 3 is 2.39 bits per heavy atom. The van der Waals surface area contributed by atoms with Crippen molar-refractivity contribution in [2.24, 2.45) is 5.92 Å². The maximum atomic E-state index is 13.7. The van der Waals surface area contributed by atoms with Crippen LogP contribution in [0, 0.1) is 5.92 Å². The van der Waals surface area contributed by atoms with Gasteiger partial charge in [0.1, 0.15) is 18.3 Å². The SMILES string of the molecule is CCC(C(=O)NCC(C)C)N(Cc1cccc(OC)c1)C(=O)CN(c1cc(Cl)ccc1Cl)S(C)(=O)=O. The van der Waals surface area contributed by atoms with Gasteiger partial charge < -0.3 is 15.0 Å². The molecule has 2 aromatic carbocycles. The zero-order chi connectivity index (χ0) is 27.0. The number of ether oxygens (including phenoxy) is 1. The van der Waals surface area contributed by atoms with Crippen molar-refractivity contribution in [3.05, 3.63) is 58.1 Å². The fourth-order valence-electron chi connectivity index (χ4n) is 3.58. The van der Waals surface area contributed by atoms with Crippen LogP contribution in [0.15, 0.2) is 42.5 Å². The van der Waals surface area contributed by atoms with E-state index in [9.17, 15) is 18.0 Å². The molecule has 0 aliphatic rings. The number of nitrogens with one attached hydrogen (secondary N) is 1. The predicted molar refractivity (Wildman–Crippen MR) is 144 cm³/mol. The van der Waals surface area contributed by atoms with E-state index in [0.29, 0.717) is 18.7 Å². The number of hydrogen-bond acceptors (Lipinski definition) is 5. The number of amides is 2. The third kappa shape index (κ3) is 8.28. The van der Waals surface area contributed by atoms with E-state index in [4.69, 9.17) is 27.9 Å². The van der Waals surface area contributed by atoms with Crippen LogP contribution in [0.25, 0.3) is 0 Å². The summed E-state index contributed by atoms with van der Waals surface area (Å²) < 4.78 is 31.6. The molecule has 0 radical (unpaired) electrons. The zero-order valence-electron chi connectivity index (χ0n) is 21.1. The Balaban J connectivity index is 2.48. The maximum absolute atomic E-state index is 13.7. The minimum Gasteiger partial charge on any atom is -0.497 e. The number of hydrogen-bond donors (Lipinski definition) is 1. The van der Waals surface area contributed by atoms with Crippen molar-refractivity contribution < 1.29 is 22.7 Å². The van der Waals surface area contributed by atoms with E-state index in [-0.39, 0.29) is 34.1 Å². The zero-order valence-corrected chi connectivity index (χ0v) is 23.5. The molecule has 0 heterocycles. The second kappa shape index (κ2) is 13.2. The molecule has 1 unspecified atom stereocenters. The van der Waals surface area contributed by atoms with Crippen molar-refractivity contribution in [2.45, 2.75) is 39.8 Å². The molecule has 0 saturated heterocycles. The molecule has 2 amide bonds. The largest absolute Gasteiger partial charge is 0.497 e. The third-order valence-corrected chi connectivity index (χ3v) is 7.09. The number of benzene rings is 2. The smallest absolute Gasteiger partial charge is 0.244 e. The Morgan fingerprint density at radius 1 is 1.11 bits per heavy atom. The van der Waals surface area contributed by atoms with Crippen molar-refractivity contribution in [1.29, 1.82) is 0 Å². The second-order valence-electron chi connectivity index (χ2n) is 8.80. The van der Waals surface area contributed by atoms with Crippen LogP contribution in [-0.4, -0.2) is 57.6 Å². The summed E-state index contributed by atoms with van der Waals surface area (Å²) >= 11 is 12.3. The van der Waals surface area contributed by atoms with Crippen LogP contribution in [0.1, 0.15) is 32.8 Å². The van der Waals surface area contributed by atoms with Gasteiger partial charge in [0.2, 0.25) is 21.8 Å². The van der Waals surface area contributed by atoms with E-state index >= 15 is 0 Å². The molecule has 1 atom stereocenters. The number of sulfonamides is 1. The molecule has 198 valence electrons. The third-order valence-electron chi connectivity index (χ3n) is 5.41. The first-order chi connectivity index (χ1) is 16.9. The van der Waals surface area contributed by atoms with Gasteiger partial charge in [0.05, 0.1) is 24.1 Å². The molecule has 2 rings (SSSR count). The summed E-state index contributed by atoms with van der Waals surface area (Å²) in [6.45, 7) is 5.71. The molecular weight excluding hydrogens is 525 g/mol. The number of methoxy groups -OCH3 is 1. The van der Waals surface area contributed by atoms with Gasteiger partial charge in [-0.25, -0.2) is 8.42 Å². The summed E-state index contributed by atoms with van der Waals surface area (Å²) in [6.07, 6.45) is 1.31. The monoisotopic (exact) mass is 557 g/mol. The number of carbonyl (C=O) groups excluding carboxylic acids is 2. The quantitative estimate of drug-likeness (QED) is 0.418. The Kier molecular flexibility index (Phi) is 10.9. The standard InChI is InChI=1S/C25H33Cl2N3O5S/c1-6-22(25(32)28-14-17(2)3)29(15-18-8-7-9-20(12-18)35-4)24(31)16-30(36(5,33)34)23-13-19(26)10-11-21(23)27/h7-13,17,22H,6,14-16H2,1-5H3,(H,28,32). The van der Waals surface area contributed by atoms with Crippen molar-refractivity contribution in [1.82, 2.24) is 10.2 Å². The number of nitrogens with zero attached hydrogens (tertiary/aromatic N) is 2. The highest BCUT2D eigenvalue weighted by Gasteiger charge is 2.32. The molecule has 0 spiro atoms. The minimum atomic E-state index is -3.92. The lowest BCUT2D eigenvalue weighted by Gasteiger charge is -2.33. The Labute approximate surface area is 223 Å². The summed E-state index contributed by atoms with van der Waals surface area (Å²) in [5, 5.41) is 3.27. The summed E-state index contributed by atoms with van der Waals surface area (Å²) in [5.74, 6) is -0.0552. The Morgan fingerprint density at radius 2 is 1.81 bits per heavy atom. The Hall–Kier alpha value is -2.49. The van der Waals surface area contributed by atoms with Crippen LogP contribution in [0.2, 0.25) is 10.0 Å². The average Bonchev–Trinajstić information content (AvgIpc) is 2.82. The van der Waals surface area contributed by atoms with Crippen LogP contribution in [0.5, 0.6) is 5.75 Å². The first kappa shape index (κ1) is 29.7. The van der Waals surface area contributed by atoms with Gasteiger partial charge in [-0.15, -0.1) is 0 Å². The number of halogens is 2. The van der Waals surface area contributed by atoms with Crippen LogP contribution in [-0.2, 0) is 26.2 Å². The van der Waals surface area contributed by atoms with Gasteiger partial charge in [0.15, 0.2) is 0 Å². The van der Waals surface area contributed by atoms with Crippen LogP contribution < -0.4 is 14.4 Å². The highest BCUT2D eigenvalue weighted by molar-refractivity contribution is 7.92. The topological polar surface area (TPSA) is 96.0 Å². The van der Waals surface area contributed by atoms with Gasteiger partial charge in [-0.2, -0.15) is 0 Å². The molecule has 0 bridgehead atoms. The number of rotatable bonds is 12. The number of anilines is 1. The van der Waals surface area contributed by atoms with Crippen molar-refractivity contribution in [3.63, 3.8) is 0 Å². The van der Waals surface area contributed by atoms with Gasteiger partial charge in [0, 0.05) is 18.1 Å². The fraction of sp³-hybridized carbons (Fsp3) is 0.440. The van der Waals surface area contributed by atoms with Crippen LogP contribution in [0.4, 0.5) is 5.69 Å². The highest BCUT2D eigenvalue weighted by Crippen LogP contribution is 2.31. The highest BCUT2D eigenvalue weighted by atomic mass is 35.5. The lowest BCUT2D eigenvalue weighted by molar-refractivity contribution is -0.140. The molecule has 8 nitrogen and oxygen atoms in total. The van der Waals surface area contributed by atoms with E-state index in [0.717, 1.165) is 16.1 Å². The normalized spacial score (nSPS) is 12.2. The fourth-order valence-corrected chi connectivity index (χ4v) is 4.87. The lowest BCUT2D eigenvalue weighted by Crippen LogP contribution is -2.52. The lowest BCUT2D eigenvalue weighted by atomic mass is 10.1. The molecule has 1 N–H and O–H groups in total. The number of carbonyl (C=O) groups is 2.